The van der Waals surface area contributed by atoms with Crippen molar-refractivity contribution in [2.75, 3.05) is 5.32 Å². The van der Waals surface area contributed by atoms with Crippen LogP contribution in [0.5, 0.6) is 5.75 Å². The molecule has 36 heavy (non-hydrogen) atoms. The SMILES string of the molecule is C=C(C)C(=O)c1cccc2c1-c1ccc(O)c(Nc3ccccc3-n3nc4ccc(Cl)cc4n3)c1C2. The maximum Gasteiger partial charge on any atom is 0.188 e. The van der Waals surface area contributed by atoms with Gasteiger partial charge in [0.2, 0.25) is 0 Å². The zero-order chi connectivity index (χ0) is 25.0. The molecule has 0 saturated heterocycles. The van der Waals surface area contributed by atoms with Crippen LogP contribution in [0.15, 0.2) is 84.9 Å². The highest BCUT2D eigenvalue weighted by Gasteiger charge is 2.28. The largest absolute Gasteiger partial charge is 0.506 e. The van der Waals surface area contributed by atoms with E-state index in [4.69, 9.17) is 11.6 Å². The zero-order valence-corrected chi connectivity index (χ0v) is 20.2. The number of ketones is 1. The van der Waals surface area contributed by atoms with Crippen LogP contribution in [0, 0.1) is 0 Å². The molecule has 0 spiro atoms. The summed E-state index contributed by atoms with van der Waals surface area (Å²) < 4.78 is 0. The predicted molar refractivity (Wildman–Crippen MR) is 143 cm³/mol. The minimum Gasteiger partial charge on any atom is -0.506 e. The highest BCUT2D eigenvalue weighted by atomic mass is 35.5. The number of anilines is 2. The standard InChI is InChI=1S/C29H21ClN4O2/c1-16(2)29(36)20-7-5-6-17-14-21-19(27(17)20)11-13-26(35)28(21)31-23-8-3-4-9-25(23)34-32-22-12-10-18(30)15-24(22)33-34/h3-13,15,31,35H,1,14H2,2H3. The molecule has 0 saturated carbocycles. The van der Waals surface area contributed by atoms with E-state index >= 15 is 0 Å². The molecular weight excluding hydrogens is 472 g/mol. The monoisotopic (exact) mass is 492 g/mol. The summed E-state index contributed by atoms with van der Waals surface area (Å²) in [5, 5.41) is 24.1. The number of nitrogens with zero attached hydrogens (tertiary/aromatic N) is 3. The maximum absolute atomic E-state index is 12.9. The quantitative estimate of drug-likeness (QED) is 0.156. The first-order chi connectivity index (χ1) is 17.4. The predicted octanol–water partition coefficient (Wildman–Crippen LogP) is 6.85. The Balaban J connectivity index is 1.45. The summed E-state index contributed by atoms with van der Waals surface area (Å²) in [6, 6.07) is 22.3. The van der Waals surface area contributed by atoms with Crippen LogP contribution < -0.4 is 5.32 Å². The van der Waals surface area contributed by atoms with E-state index in [2.05, 4.69) is 22.1 Å². The number of fused-ring (bicyclic) bond motifs is 4. The summed E-state index contributed by atoms with van der Waals surface area (Å²) in [5.41, 5.74) is 8.34. The number of halogens is 1. The summed E-state index contributed by atoms with van der Waals surface area (Å²) in [7, 11) is 0. The Morgan fingerprint density at radius 2 is 1.83 bits per heavy atom. The third-order valence-electron chi connectivity index (χ3n) is 6.43. The lowest BCUT2D eigenvalue weighted by Crippen LogP contribution is -2.04. The van der Waals surface area contributed by atoms with Gasteiger partial charge in [-0.15, -0.1) is 15.0 Å². The van der Waals surface area contributed by atoms with Crippen molar-refractivity contribution in [1.82, 2.24) is 15.0 Å². The van der Waals surface area contributed by atoms with E-state index < -0.39 is 0 Å². The Morgan fingerprint density at radius 3 is 2.67 bits per heavy atom. The van der Waals surface area contributed by atoms with Crippen LogP contribution in [0.1, 0.15) is 28.4 Å². The molecule has 1 heterocycles. The molecule has 2 N–H and O–H groups in total. The van der Waals surface area contributed by atoms with E-state index in [1.54, 1.807) is 29.9 Å². The molecule has 0 fully saturated rings. The molecule has 1 aliphatic carbocycles. The summed E-state index contributed by atoms with van der Waals surface area (Å²) >= 11 is 6.13. The van der Waals surface area contributed by atoms with Crippen molar-refractivity contribution >= 4 is 39.8 Å². The molecule has 0 amide bonds. The fourth-order valence-corrected chi connectivity index (χ4v) is 4.92. The van der Waals surface area contributed by atoms with Crippen molar-refractivity contribution in [3.63, 3.8) is 0 Å². The number of carbonyl (C=O) groups is 1. The van der Waals surface area contributed by atoms with Crippen LogP contribution >= 0.6 is 11.6 Å². The lowest BCUT2D eigenvalue weighted by molar-refractivity contribution is 0.103. The van der Waals surface area contributed by atoms with E-state index in [1.807, 2.05) is 54.6 Å². The average molecular weight is 493 g/mol. The van der Waals surface area contributed by atoms with Crippen molar-refractivity contribution < 1.29 is 9.90 Å². The first kappa shape index (κ1) is 22.1. The van der Waals surface area contributed by atoms with Crippen molar-refractivity contribution in [3.8, 4) is 22.6 Å². The molecule has 5 aromatic rings. The number of para-hydroxylation sites is 2. The number of aromatic nitrogens is 3. The average Bonchev–Trinajstić information content (AvgIpc) is 3.46. The van der Waals surface area contributed by atoms with E-state index in [1.165, 1.54) is 0 Å². The van der Waals surface area contributed by atoms with Crippen molar-refractivity contribution in [1.29, 1.82) is 0 Å². The smallest absolute Gasteiger partial charge is 0.188 e. The zero-order valence-electron chi connectivity index (χ0n) is 19.4. The Morgan fingerprint density at radius 1 is 1.03 bits per heavy atom. The Kier molecular flexibility index (Phi) is 5.12. The van der Waals surface area contributed by atoms with Crippen molar-refractivity contribution in [2.45, 2.75) is 13.3 Å². The fraction of sp³-hybridized carbons (Fsp3) is 0.0690. The van der Waals surface area contributed by atoms with Gasteiger partial charge in [-0.05, 0) is 71.1 Å². The molecule has 0 aliphatic heterocycles. The van der Waals surface area contributed by atoms with Gasteiger partial charge in [0.1, 0.15) is 22.5 Å². The number of aromatic hydroxyl groups is 1. The second kappa shape index (κ2) is 8.36. The van der Waals surface area contributed by atoms with Crippen LogP contribution in [0.2, 0.25) is 5.02 Å². The Bertz CT molecular complexity index is 1720. The molecule has 176 valence electrons. The number of carbonyl (C=O) groups excluding carboxylic acids is 1. The number of hydrogen-bond donors (Lipinski definition) is 2. The summed E-state index contributed by atoms with van der Waals surface area (Å²) in [6.45, 7) is 5.56. The lowest BCUT2D eigenvalue weighted by atomic mass is 9.94. The van der Waals surface area contributed by atoms with E-state index in [0.717, 1.165) is 39.1 Å². The van der Waals surface area contributed by atoms with Crippen LogP contribution in [-0.2, 0) is 6.42 Å². The van der Waals surface area contributed by atoms with E-state index in [9.17, 15) is 9.90 Å². The van der Waals surface area contributed by atoms with Gasteiger partial charge in [0, 0.05) is 17.0 Å². The van der Waals surface area contributed by atoms with E-state index in [-0.39, 0.29) is 11.5 Å². The number of allylic oxidation sites excluding steroid dienone is 1. The first-order valence-electron chi connectivity index (χ1n) is 11.5. The topological polar surface area (TPSA) is 80.0 Å². The minimum absolute atomic E-state index is 0.0791. The lowest BCUT2D eigenvalue weighted by Gasteiger charge is -2.16. The van der Waals surface area contributed by atoms with Gasteiger partial charge in [-0.2, -0.15) is 0 Å². The molecule has 0 bridgehead atoms. The molecule has 0 radical (unpaired) electrons. The van der Waals surface area contributed by atoms with Gasteiger partial charge < -0.3 is 10.4 Å². The van der Waals surface area contributed by atoms with Gasteiger partial charge in [-0.3, -0.25) is 4.79 Å². The molecule has 6 rings (SSSR count). The molecule has 1 aromatic heterocycles. The molecule has 4 aromatic carbocycles. The van der Waals surface area contributed by atoms with Crippen LogP contribution in [-0.4, -0.2) is 25.9 Å². The highest BCUT2D eigenvalue weighted by Crippen LogP contribution is 2.46. The van der Waals surface area contributed by atoms with Crippen LogP contribution in [0.3, 0.4) is 0 Å². The molecule has 1 aliphatic rings. The second-order valence-corrected chi connectivity index (χ2v) is 9.31. The van der Waals surface area contributed by atoms with Crippen LogP contribution in [0.25, 0.3) is 27.8 Å². The minimum atomic E-state index is -0.0791. The Hall–Kier alpha value is -4.42. The van der Waals surface area contributed by atoms with Crippen LogP contribution in [0.4, 0.5) is 11.4 Å². The van der Waals surface area contributed by atoms with Gasteiger partial charge in [0.05, 0.1) is 11.4 Å². The molecule has 6 nitrogen and oxygen atoms in total. The molecule has 0 unspecified atom stereocenters. The van der Waals surface area contributed by atoms with Gasteiger partial charge in [-0.1, -0.05) is 54.6 Å². The second-order valence-electron chi connectivity index (χ2n) is 8.88. The summed E-state index contributed by atoms with van der Waals surface area (Å²) in [6.07, 6.45) is 0.587. The highest BCUT2D eigenvalue weighted by molar-refractivity contribution is 6.31. The molecular formula is C29H21ClN4O2. The van der Waals surface area contributed by atoms with Crippen molar-refractivity contribution in [3.05, 3.63) is 107 Å². The number of phenolic OH excluding ortho intramolecular Hbond substituents is 1. The number of Topliss-reactive ketones (excluding diaryl/α,β-unsaturated/α-hetero) is 1. The number of rotatable bonds is 5. The van der Waals surface area contributed by atoms with E-state index in [0.29, 0.717) is 33.8 Å². The maximum atomic E-state index is 12.9. The van der Waals surface area contributed by atoms with Gasteiger partial charge in [-0.25, -0.2) is 0 Å². The molecule has 0 atom stereocenters. The molecule has 7 heteroatoms. The fourth-order valence-electron chi connectivity index (χ4n) is 4.75. The summed E-state index contributed by atoms with van der Waals surface area (Å²) in [4.78, 5) is 14.4. The number of phenols is 1. The third-order valence-corrected chi connectivity index (χ3v) is 6.67. The van der Waals surface area contributed by atoms with Gasteiger partial charge >= 0.3 is 0 Å². The van der Waals surface area contributed by atoms with Gasteiger partial charge in [0.15, 0.2) is 5.78 Å². The third kappa shape index (κ3) is 3.54. The Labute approximate surface area is 212 Å². The normalized spacial score (nSPS) is 11.8. The number of hydrogen-bond acceptors (Lipinski definition) is 5. The van der Waals surface area contributed by atoms with Crippen molar-refractivity contribution in [2.24, 2.45) is 0 Å². The number of nitrogens with one attached hydrogen (secondary N) is 1. The first-order valence-corrected chi connectivity index (χ1v) is 11.8. The van der Waals surface area contributed by atoms with Gasteiger partial charge in [0.25, 0.3) is 0 Å². The summed E-state index contributed by atoms with van der Waals surface area (Å²) in [5.74, 6) is 0.0408. The number of benzene rings is 4.